The number of halogens is 1. The molecule has 92 valence electrons. The van der Waals surface area contributed by atoms with E-state index >= 15 is 0 Å². The predicted octanol–water partition coefficient (Wildman–Crippen LogP) is 2.36. The Kier molecular flexibility index (Phi) is 4.45. The van der Waals surface area contributed by atoms with Crippen LogP contribution < -0.4 is 0 Å². The van der Waals surface area contributed by atoms with E-state index in [0.717, 1.165) is 0 Å². The second-order valence-electron chi connectivity index (χ2n) is 3.54. The second kappa shape index (κ2) is 5.63. The van der Waals surface area contributed by atoms with Crippen molar-refractivity contribution in [2.24, 2.45) is 0 Å². The van der Waals surface area contributed by atoms with E-state index in [-0.39, 0.29) is 18.0 Å². The Morgan fingerprint density at radius 2 is 2.18 bits per heavy atom. The van der Waals surface area contributed by atoms with Gasteiger partial charge >= 0.3 is 5.97 Å². The SMILES string of the molecule is COC(=O)Cc1cc(CCl)cc([N+](=O)[O-])c1C. The van der Waals surface area contributed by atoms with Gasteiger partial charge in [0.1, 0.15) is 0 Å². The molecule has 0 unspecified atom stereocenters. The van der Waals surface area contributed by atoms with E-state index in [1.165, 1.54) is 13.2 Å². The molecule has 0 saturated carbocycles. The molecule has 5 nitrogen and oxygen atoms in total. The van der Waals surface area contributed by atoms with Gasteiger partial charge in [0, 0.05) is 17.5 Å². The highest BCUT2D eigenvalue weighted by Gasteiger charge is 2.17. The quantitative estimate of drug-likeness (QED) is 0.359. The number of nitro benzene ring substituents is 1. The van der Waals surface area contributed by atoms with Crippen molar-refractivity contribution in [3.63, 3.8) is 0 Å². The Morgan fingerprint density at radius 1 is 1.53 bits per heavy atom. The van der Waals surface area contributed by atoms with Crippen LogP contribution in [0.15, 0.2) is 12.1 Å². The molecule has 0 aromatic heterocycles. The number of hydrogen-bond acceptors (Lipinski definition) is 4. The monoisotopic (exact) mass is 257 g/mol. The number of benzene rings is 1. The first kappa shape index (κ1) is 13.4. The van der Waals surface area contributed by atoms with E-state index in [0.29, 0.717) is 16.7 Å². The van der Waals surface area contributed by atoms with Gasteiger partial charge in [-0.15, -0.1) is 11.6 Å². The van der Waals surface area contributed by atoms with Crippen molar-refractivity contribution in [1.29, 1.82) is 0 Å². The molecule has 0 aliphatic heterocycles. The molecule has 1 aromatic carbocycles. The van der Waals surface area contributed by atoms with Crippen molar-refractivity contribution in [1.82, 2.24) is 0 Å². The molecule has 0 bridgehead atoms. The fraction of sp³-hybridized carbons (Fsp3) is 0.364. The smallest absolute Gasteiger partial charge is 0.309 e. The van der Waals surface area contributed by atoms with Crippen molar-refractivity contribution in [2.45, 2.75) is 19.2 Å². The van der Waals surface area contributed by atoms with Crippen molar-refractivity contribution in [2.75, 3.05) is 7.11 Å². The Bertz CT molecular complexity index is 459. The fourth-order valence-corrected chi connectivity index (χ4v) is 1.65. The van der Waals surface area contributed by atoms with Gasteiger partial charge in [0.15, 0.2) is 0 Å². The average Bonchev–Trinajstić information content (AvgIpc) is 2.31. The van der Waals surface area contributed by atoms with E-state index in [4.69, 9.17) is 11.6 Å². The minimum absolute atomic E-state index is 0.00784. The highest BCUT2D eigenvalue weighted by atomic mass is 35.5. The molecule has 1 rings (SSSR count). The van der Waals surface area contributed by atoms with Gasteiger partial charge in [-0.1, -0.05) is 6.07 Å². The number of rotatable bonds is 4. The summed E-state index contributed by atoms with van der Waals surface area (Å²) >= 11 is 5.66. The molecule has 0 atom stereocenters. The minimum Gasteiger partial charge on any atom is -0.469 e. The van der Waals surface area contributed by atoms with Crippen molar-refractivity contribution < 1.29 is 14.5 Å². The van der Waals surface area contributed by atoms with Crippen LogP contribution in [-0.2, 0) is 21.8 Å². The van der Waals surface area contributed by atoms with E-state index in [1.54, 1.807) is 13.0 Å². The van der Waals surface area contributed by atoms with Crippen LogP contribution in [-0.4, -0.2) is 18.0 Å². The molecule has 0 radical (unpaired) electrons. The molecular weight excluding hydrogens is 246 g/mol. The van der Waals surface area contributed by atoms with Crippen LogP contribution in [0.5, 0.6) is 0 Å². The molecule has 0 N–H and O–H groups in total. The van der Waals surface area contributed by atoms with Crippen LogP contribution in [0.25, 0.3) is 0 Å². The van der Waals surface area contributed by atoms with Gasteiger partial charge in [0.2, 0.25) is 0 Å². The zero-order valence-corrected chi connectivity index (χ0v) is 10.3. The lowest BCUT2D eigenvalue weighted by molar-refractivity contribution is -0.385. The summed E-state index contributed by atoms with van der Waals surface area (Å²) in [6.45, 7) is 1.61. The normalized spacial score (nSPS) is 10.1. The van der Waals surface area contributed by atoms with Crippen molar-refractivity contribution in [3.05, 3.63) is 38.9 Å². The third-order valence-electron chi connectivity index (χ3n) is 2.46. The van der Waals surface area contributed by atoms with E-state index in [1.807, 2.05) is 0 Å². The predicted molar refractivity (Wildman–Crippen MR) is 63.1 cm³/mol. The molecular formula is C11H12ClNO4. The first-order valence-electron chi connectivity index (χ1n) is 4.89. The van der Waals surface area contributed by atoms with E-state index in [2.05, 4.69) is 4.74 Å². The Morgan fingerprint density at radius 3 is 2.65 bits per heavy atom. The van der Waals surface area contributed by atoms with Crippen molar-refractivity contribution >= 4 is 23.3 Å². The Hall–Kier alpha value is -1.62. The van der Waals surface area contributed by atoms with Gasteiger partial charge in [0.05, 0.1) is 18.5 Å². The van der Waals surface area contributed by atoms with E-state index in [9.17, 15) is 14.9 Å². The first-order chi connectivity index (χ1) is 7.99. The maximum absolute atomic E-state index is 11.2. The Balaban J connectivity index is 3.23. The number of esters is 1. The molecule has 0 fully saturated rings. The zero-order chi connectivity index (χ0) is 13.0. The number of nitro groups is 1. The van der Waals surface area contributed by atoms with Gasteiger partial charge in [-0.2, -0.15) is 0 Å². The van der Waals surface area contributed by atoms with Gasteiger partial charge in [-0.25, -0.2) is 0 Å². The molecule has 0 spiro atoms. The van der Waals surface area contributed by atoms with Crippen LogP contribution in [0.2, 0.25) is 0 Å². The van der Waals surface area contributed by atoms with Crippen LogP contribution in [0.4, 0.5) is 5.69 Å². The molecule has 17 heavy (non-hydrogen) atoms. The fourth-order valence-electron chi connectivity index (χ4n) is 1.50. The lowest BCUT2D eigenvalue weighted by Crippen LogP contribution is -2.07. The second-order valence-corrected chi connectivity index (χ2v) is 3.81. The molecule has 0 amide bonds. The largest absolute Gasteiger partial charge is 0.469 e. The van der Waals surface area contributed by atoms with Gasteiger partial charge < -0.3 is 4.74 Å². The molecule has 0 heterocycles. The molecule has 1 aromatic rings. The summed E-state index contributed by atoms with van der Waals surface area (Å²) in [6.07, 6.45) is 0.00784. The average molecular weight is 258 g/mol. The third-order valence-corrected chi connectivity index (χ3v) is 2.77. The molecule has 0 saturated heterocycles. The summed E-state index contributed by atoms with van der Waals surface area (Å²) in [6, 6.07) is 3.11. The summed E-state index contributed by atoms with van der Waals surface area (Å²) in [5.41, 5.74) is 1.63. The number of carbonyl (C=O) groups excluding carboxylic acids is 1. The topological polar surface area (TPSA) is 69.4 Å². The van der Waals surface area contributed by atoms with E-state index < -0.39 is 10.9 Å². The summed E-state index contributed by atoms with van der Waals surface area (Å²) in [5, 5.41) is 10.8. The summed E-state index contributed by atoms with van der Waals surface area (Å²) in [5.74, 6) is -0.274. The maximum Gasteiger partial charge on any atom is 0.309 e. The minimum atomic E-state index is -0.480. The van der Waals surface area contributed by atoms with Gasteiger partial charge in [-0.3, -0.25) is 14.9 Å². The highest BCUT2D eigenvalue weighted by Crippen LogP contribution is 2.25. The van der Waals surface area contributed by atoms with Gasteiger partial charge in [0.25, 0.3) is 5.69 Å². The number of ether oxygens (including phenoxy) is 1. The lowest BCUT2D eigenvalue weighted by Gasteiger charge is -2.07. The maximum atomic E-state index is 11.2. The van der Waals surface area contributed by atoms with Gasteiger partial charge in [-0.05, 0) is 18.1 Å². The van der Waals surface area contributed by atoms with Crippen LogP contribution in [0, 0.1) is 17.0 Å². The van der Waals surface area contributed by atoms with Crippen LogP contribution in [0.1, 0.15) is 16.7 Å². The molecule has 0 aliphatic carbocycles. The number of methoxy groups -OCH3 is 1. The lowest BCUT2D eigenvalue weighted by atomic mass is 10.0. The Labute approximate surface area is 103 Å². The first-order valence-corrected chi connectivity index (χ1v) is 5.42. The summed E-state index contributed by atoms with van der Waals surface area (Å²) < 4.78 is 4.54. The van der Waals surface area contributed by atoms with Crippen LogP contribution in [0.3, 0.4) is 0 Å². The van der Waals surface area contributed by atoms with Crippen LogP contribution >= 0.6 is 11.6 Å². The molecule has 0 aliphatic rings. The number of alkyl halides is 1. The zero-order valence-electron chi connectivity index (χ0n) is 9.53. The number of hydrogen-bond donors (Lipinski definition) is 0. The summed E-state index contributed by atoms with van der Waals surface area (Å²) in [7, 11) is 1.28. The van der Waals surface area contributed by atoms with Crippen molar-refractivity contribution in [3.8, 4) is 0 Å². The standard InChI is InChI=1S/C11H12ClNO4/c1-7-9(5-11(14)17-2)3-8(6-12)4-10(7)13(15)16/h3-4H,5-6H2,1-2H3. The number of nitrogens with zero attached hydrogens (tertiary/aromatic N) is 1. The molecule has 6 heteroatoms. The third kappa shape index (κ3) is 3.17. The highest BCUT2D eigenvalue weighted by molar-refractivity contribution is 6.17. The summed E-state index contributed by atoms with van der Waals surface area (Å²) in [4.78, 5) is 21.6. The number of carbonyl (C=O) groups is 1.